The van der Waals surface area contributed by atoms with Crippen LogP contribution in [0.15, 0.2) is 0 Å². The third kappa shape index (κ3) is 7.91. The van der Waals surface area contributed by atoms with Crippen LogP contribution >= 0.6 is 22.6 Å². The van der Waals surface area contributed by atoms with Gasteiger partial charge in [-0.1, -0.05) is 22.6 Å². The van der Waals surface area contributed by atoms with E-state index >= 15 is 0 Å². The third-order valence-corrected chi connectivity index (χ3v) is 2.77. The first kappa shape index (κ1) is 19.5. The predicted octanol–water partition coefficient (Wildman–Crippen LogP) is 4.37. The number of amides is 2. The fourth-order valence-corrected chi connectivity index (χ4v) is 2.24. The summed E-state index contributed by atoms with van der Waals surface area (Å²) in [4.78, 5) is 25.5. The molecule has 0 aromatic rings. The molecule has 0 aliphatic rings. The summed E-state index contributed by atoms with van der Waals surface area (Å²) in [6, 6.07) is -0.267. The molecule has 0 fully saturated rings. The first-order valence-electron chi connectivity index (χ1n) is 6.68. The quantitative estimate of drug-likeness (QED) is 0.522. The third-order valence-electron chi connectivity index (χ3n) is 2.15. The number of carbonyl (C=O) groups excluding carboxylic acids is 2. The smallest absolute Gasteiger partial charge is 0.420 e. The van der Waals surface area contributed by atoms with Crippen LogP contribution in [0.1, 0.15) is 54.9 Å². The van der Waals surface area contributed by atoms with Gasteiger partial charge in [0.05, 0.1) is 0 Å². The number of hydrogen-bond acceptors (Lipinski definition) is 4. The zero-order chi connectivity index (χ0) is 16.1. The molecule has 0 saturated carbocycles. The maximum atomic E-state index is 12.2. The number of hydrogen-bond donors (Lipinski definition) is 0. The molecule has 2 amide bonds. The van der Waals surface area contributed by atoms with Crippen molar-refractivity contribution in [1.29, 1.82) is 0 Å². The Hall–Kier alpha value is -0.530. The summed E-state index contributed by atoms with van der Waals surface area (Å²) in [7, 11) is 0. The zero-order valence-corrected chi connectivity index (χ0v) is 15.6. The molecule has 0 aromatic carbocycles. The van der Waals surface area contributed by atoms with Gasteiger partial charge in [0.2, 0.25) is 0 Å². The molecule has 0 aromatic heterocycles. The molecule has 0 unspecified atom stereocenters. The van der Waals surface area contributed by atoms with E-state index in [4.69, 9.17) is 9.47 Å². The summed E-state index contributed by atoms with van der Waals surface area (Å²) in [6.07, 6.45) is -0.632. The first-order valence-corrected chi connectivity index (χ1v) is 8.21. The number of ether oxygens (including phenoxy) is 2. The zero-order valence-electron chi connectivity index (χ0n) is 13.4. The maximum Gasteiger partial charge on any atom is 0.420 e. The lowest BCUT2D eigenvalue weighted by atomic mass is 10.2. The SMILES string of the molecule is C[C@H](CCI)N(C(=O)OC(C)(C)C)C(=O)OC(C)(C)C. The number of alkyl halides is 1. The summed E-state index contributed by atoms with van der Waals surface area (Å²) < 4.78 is 11.4. The number of rotatable bonds is 3. The second-order valence-electron chi connectivity index (χ2n) is 6.66. The average Bonchev–Trinajstić information content (AvgIpc) is 2.11. The van der Waals surface area contributed by atoms with E-state index < -0.39 is 23.4 Å². The topological polar surface area (TPSA) is 55.8 Å². The van der Waals surface area contributed by atoms with E-state index in [1.54, 1.807) is 41.5 Å². The minimum absolute atomic E-state index is 0.267. The second kappa shape index (κ2) is 7.47. The van der Waals surface area contributed by atoms with Crippen LogP contribution in [0, 0.1) is 0 Å². The molecule has 0 heterocycles. The van der Waals surface area contributed by atoms with Crippen molar-refractivity contribution in [3.05, 3.63) is 0 Å². The second-order valence-corrected chi connectivity index (χ2v) is 7.74. The fraction of sp³-hybridized carbons (Fsp3) is 0.857. The average molecular weight is 399 g/mol. The van der Waals surface area contributed by atoms with E-state index in [1.165, 1.54) is 0 Å². The Balaban J connectivity index is 5.08. The van der Waals surface area contributed by atoms with Crippen LogP contribution in [0.2, 0.25) is 0 Å². The highest BCUT2D eigenvalue weighted by atomic mass is 127. The van der Waals surface area contributed by atoms with Gasteiger partial charge in [0.25, 0.3) is 0 Å². The van der Waals surface area contributed by atoms with Gasteiger partial charge >= 0.3 is 12.2 Å². The number of nitrogens with zero attached hydrogens (tertiary/aromatic N) is 1. The van der Waals surface area contributed by atoms with E-state index in [0.717, 1.165) is 9.33 Å². The summed E-state index contributed by atoms with van der Waals surface area (Å²) in [6.45, 7) is 12.4. The van der Waals surface area contributed by atoms with Crippen molar-refractivity contribution in [2.24, 2.45) is 0 Å². The lowest BCUT2D eigenvalue weighted by molar-refractivity contribution is -0.00591. The van der Waals surface area contributed by atoms with Gasteiger partial charge in [0, 0.05) is 10.5 Å². The highest BCUT2D eigenvalue weighted by molar-refractivity contribution is 14.1. The van der Waals surface area contributed by atoms with E-state index in [1.807, 2.05) is 6.92 Å². The normalized spacial score (nSPS) is 13.6. The summed E-state index contributed by atoms with van der Waals surface area (Å²) in [5.74, 6) is 0. The van der Waals surface area contributed by atoms with Crippen LogP contribution in [0.3, 0.4) is 0 Å². The van der Waals surface area contributed by atoms with Crippen molar-refractivity contribution in [1.82, 2.24) is 4.90 Å². The molecule has 0 radical (unpaired) electrons. The van der Waals surface area contributed by atoms with E-state index in [9.17, 15) is 9.59 Å². The van der Waals surface area contributed by atoms with Gasteiger partial charge in [0.15, 0.2) is 0 Å². The van der Waals surface area contributed by atoms with Crippen molar-refractivity contribution in [2.75, 3.05) is 4.43 Å². The van der Waals surface area contributed by atoms with E-state index in [-0.39, 0.29) is 6.04 Å². The highest BCUT2D eigenvalue weighted by Gasteiger charge is 2.34. The van der Waals surface area contributed by atoms with Gasteiger partial charge < -0.3 is 9.47 Å². The molecule has 0 saturated heterocycles. The molecule has 0 aliphatic carbocycles. The molecular formula is C14H26INO4. The monoisotopic (exact) mass is 399 g/mol. The van der Waals surface area contributed by atoms with Gasteiger partial charge in [-0.05, 0) is 54.9 Å². The Morgan fingerprint density at radius 3 is 1.60 bits per heavy atom. The molecule has 5 nitrogen and oxygen atoms in total. The van der Waals surface area contributed by atoms with Crippen molar-refractivity contribution in [3.63, 3.8) is 0 Å². The number of halogens is 1. The van der Waals surface area contributed by atoms with E-state index in [2.05, 4.69) is 22.6 Å². The van der Waals surface area contributed by atoms with Gasteiger partial charge in [-0.25, -0.2) is 14.5 Å². The lowest BCUT2D eigenvalue weighted by Crippen LogP contribution is -2.48. The molecule has 0 spiro atoms. The molecule has 20 heavy (non-hydrogen) atoms. The Morgan fingerprint density at radius 1 is 1.00 bits per heavy atom. The van der Waals surface area contributed by atoms with Crippen LogP contribution in [-0.2, 0) is 9.47 Å². The Bertz CT molecular complexity index is 316. The molecule has 118 valence electrons. The van der Waals surface area contributed by atoms with Gasteiger partial charge in [-0.15, -0.1) is 0 Å². The molecule has 0 N–H and O–H groups in total. The molecule has 0 aliphatic heterocycles. The standard InChI is InChI=1S/C14H26INO4/c1-10(8-9-15)16(11(17)19-13(2,3)4)12(18)20-14(5,6)7/h10H,8-9H2,1-7H3/t10-/m1/s1. The summed E-state index contributed by atoms with van der Waals surface area (Å²) in [5, 5.41) is 0. The van der Waals surface area contributed by atoms with Gasteiger partial charge in [-0.3, -0.25) is 0 Å². The van der Waals surface area contributed by atoms with Crippen LogP contribution in [0.25, 0.3) is 0 Å². The van der Waals surface area contributed by atoms with Crippen LogP contribution in [-0.4, -0.2) is 38.8 Å². The Kier molecular flexibility index (Phi) is 7.27. The largest absolute Gasteiger partial charge is 0.443 e. The Morgan fingerprint density at radius 2 is 1.35 bits per heavy atom. The predicted molar refractivity (Wildman–Crippen MR) is 87.3 cm³/mol. The van der Waals surface area contributed by atoms with Crippen molar-refractivity contribution >= 4 is 34.8 Å². The Labute approximate surface area is 135 Å². The first-order chi connectivity index (χ1) is 8.87. The van der Waals surface area contributed by atoms with Crippen LogP contribution in [0.4, 0.5) is 9.59 Å². The maximum absolute atomic E-state index is 12.2. The van der Waals surface area contributed by atoms with Crippen LogP contribution in [0.5, 0.6) is 0 Å². The lowest BCUT2D eigenvalue weighted by Gasteiger charge is -2.31. The van der Waals surface area contributed by atoms with Crippen molar-refractivity contribution in [3.8, 4) is 0 Å². The molecule has 6 heteroatoms. The molecule has 1 atom stereocenters. The fourth-order valence-electron chi connectivity index (χ4n) is 1.34. The van der Waals surface area contributed by atoms with Gasteiger partial charge in [0.1, 0.15) is 11.2 Å². The van der Waals surface area contributed by atoms with Crippen LogP contribution < -0.4 is 0 Å². The minimum Gasteiger partial charge on any atom is -0.443 e. The molecule has 0 bridgehead atoms. The summed E-state index contributed by atoms with van der Waals surface area (Å²) >= 11 is 2.21. The summed E-state index contributed by atoms with van der Waals surface area (Å²) in [5.41, 5.74) is -1.30. The minimum atomic E-state index is -0.663. The number of carbonyl (C=O) groups is 2. The van der Waals surface area contributed by atoms with Crippen molar-refractivity contribution < 1.29 is 19.1 Å². The molecular weight excluding hydrogens is 373 g/mol. The van der Waals surface area contributed by atoms with E-state index in [0.29, 0.717) is 6.42 Å². The molecule has 0 rings (SSSR count). The van der Waals surface area contributed by atoms with Crippen molar-refractivity contribution in [2.45, 2.75) is 72.1 Å². The van der Waals surface area contributed by atoms with Gasteiger partial charge in [-0.2, -0.15) is 0 Å². The highest BCUT2D eigenvalue weighted by Crippen LogP contribution is 2.18. The number of imide groups is 1.